The zero-order valence-electron chi connectivity index (χ0n) is 11.2. The number of thiazole rings is 1. The Labute approximate surface area is 119 Å². The molecule has 0 saturated carbocycles. The van der Waals surface area contributed by atoms with Gasteiger partial charge >= 0.3 is 6.18 Å². The maximum Gasteiger partial charge on any atom is 0.416 e. The number of nitrogens with zero attached hydrogens (tertiary/aromatic N) is 1. The first kappa shape index (κ1) is 15.0. The van der Waals surface area contributed by atoms with Crippen LogP contribution in [0, 0.1) is 6.92 Å². The fourth-order valence-electron chi connectivity index (χ4n) is 2.00. The number of alkyl halides is 3. The minimum Gasteiger partial charge on any atom is -0.305 e. The Kier molecular flexibility index (Phi) is 4.45. The van der Waals surface area contributed by atoms with E-state index in [0.717, 1.165) is 16.8 Å². The molecular weight excluding hydrogens is 285 g/mol. The van der Waals surface area contributed by atoms with Gasteiger partial charge in [0.1, 0.15) is 0 Å². The molecule has 1 N–H and O–H groups in total. The largest absolute Gasteiger partial charge is 0.416 e. The Balaban J connectivity index is 2.39. The van der Waals surface area contributed by atoms with Crippen LogP contribution < -0.4 is 5.32 Å². The van der Waals surface area contributed by atoms with Crippen LogP contribution in [0.5, 0.6) is 0 Å². The molecule has 20 heavy (non-hydrogen) atoms. The maximum atomic E-state index is 12.8. The Morgan fingerprint density at radius 3 is 2.65 bits per heavy atom. The molecule has 0 saturated heterocycles. The number of halogens is 3. The lowest BCUT2D eigenvalue weighted by Crippen LogP contribution is -2.22. The molecule has 0 aliphatic heterocycles. The van der Waals surface area contributed by atoms with E-state index in [9.17, 15) is 13.2 Å². The third-order valence-corrected chi connectivity index (χ3v) is 3.68. The van der Waals surface area contributed by atoms with E-state index >= 15 is 0 Å². The van der Waals surface area contributed by atoms with E-state index in [1.165, 1.54) is 23.5 Å². The van der Waals surface area contributed by atoms with Gasteiger partial charge in [0.2, 0.25) is 0 Å². The summed E-state index contributed by atoms with van der Waals surface area (Å²) in [4.78, 5) is 4.37. The molecule has 2 aromatic rings. The van der Waals surface area contributed by atoms with Crippen molar-refractivity contribution in [2.75, 3.05) is 6.54 Å². The molecule has 1 atom stereocenters. The molecule has 0 bridgehead atoms. The summed E-state index contributed by atoms with van der Waals surface area (Å²) in [6.07, 6.45) is -4.33. The number of aryl methyl sites for hydroxylation is 1. The highest BCUT2D eigenvalue weighted by molar-refractivity contribution is 7.09. The average Bonchev–Trinajstić information content (AvgIpc) is 2.81. The van der Waals surface area contributed by atoms with Gasteiger partial charge in [-0.15, -0.1) is 11.3 Å². The van der Waals surface area contributed by atoms with Gasteiger partial charge in [0, 0.05) is 5.38 Å². The van der Waals surface area contributed by atoms with Crippen molar-refractivity contribution in [1.82, 2.24) is 10.3 Å². The van der Waals surface area contributed by atoms with Gasteiger partial charge in [0.05, 0.1) is 22.3 Å². The zero-order valence-corrected chi connectivity index (χ0v) is 12.0. The normalized spacial score (nSPS) is 13.4. The van der Waals surface area contributed by atoms with Crippen LogP contribution in [-0.2, 0) is 6.18 Å². The summed E-state index contributed by atoms with van der Waals surface area (Å²) in [5.74, 6) is 0. The van der Waals surface area contributed by atoms with Gasteiger partial charge in [-0.2, -0.15) is 13.2 Å². The second-order valence-corrected chi connectivity index (χ2v) is 5.47. The highest BCUT2D eigenvalue weighted by atomic mass is 32.1. The standard InChI is InChI=1S/C14H15F3N2S/c1-3-18-13(12-8-20-9(2)19-12)10-5-4-6-11(7-10)14(15,16)17/h4-8,13,18H,3H2,1-2H3. The van der Waals surface area contributed by atoms with Gasteiger partial charge in [-0.3, -0.25) is 0 Å². The van der Waals surface area contributed by atoms with E-state index in [1.54, 1.807) is 6.07 Å². The van der Waals surface area contributed by atoms with Crippen molar-refractivity contribution in [2.45, 2.75) is 26.1 Å². The van der Waals surface area contributed by atoms with Crippen LogP contribution in [0.3, 0.4) is 0 Å². The van der Waals surface area contributed by atoms with Crippen LogP contribution in [0.25, 0.3) is 0 Å². The lowest BCUT2D eigenvalue weighted by atomic mass is 10.0. The highest BCUT2D eigenvalue weighted by Crippen LogP contribution is 2.32. The molecule has 0 aliphatic rings. The second-order valence-electron chi connectivity index (χ2n) is 4.41. The Morgan fingerprint density at radius 1 is 1.35 bits per heavy atom. The monoisotopic (exact) mass is 300 g/mol. The van der Waals surface area contributed by atoms with Crippen LogP contribution in [0.15, 0.2) is 29.6 Å². The van der Waals surface area contributed by atoms with Gasteiger partial charge in [0.15, 0.2) is 0 Å². The SMILES string of the molecule is CCNC(c1cccc(C(F)(F)F)c1)c1csc(C)n1. The number of aromatic nitrogens is 1. The summed E-state index contributed by atoms with van der Waals surface area (Å²) in [5, 5.41) is 5.96. The quantitative estimate of drug-likeness (QED) is 0.916. The minimum atomic E-state index is -4.33. The molecule has 0 radical (unpaired) electrons. The molecule has 0 spiro atoms. The van der Waals surface area contributed by atoms with Crippen molar-refractivity contribution >= 4 is 11.3 Å². The second kappa shape index (κ2) is 5.93. The molecular formula is C14H15F3N2S. The molecule has 0 amide bonds. The van der Waals surface area contributed by atoms with Gasteiger partial charge in [-0.1, -0.05) is 19.1 Å². The average molecular weight is 300 g/mol. The first-order valence-electron chi connectivity index (χ1n) is 6.24. The van der Waals surface area contributed by atoms with Gasteiger partial charge in [-0.25, -0.2) is 4.98 Å². The molecule has 6 heteroatoms. The van der Waals surface area contributed by atoms with E-state index in [1.807, 2.05) is 19.2 Å². The summed E-state index contributed by atoms with van der Waals surface area (Å²) >= 11 is 1.49. The fraction of sp³-hybridized carbons (Fsp3) is 0.357. The van der Waals surface area contributed by atoms with E-state index in [4.69, 9.17) is 0 Å². The van der Waals surface area contributed by atoms with Crippen LogP contribution in [0.4, 0.5) is 13.2 Å². The molecule has 1 heterocycles. The molecule has 108 valence electrons. The first-order chi connectivity index (χ1) is 9.41. The van der Waals surface area contributed by atoms with E-state index in [0.29, 0.717) is 12.1 Å². The topological polar surface area (TPSA) is 24.9 Å². The Hall–Kier alpha value is -1.40. The molecule has 1 aromatic carbocycles. The predicted octanol–water partition coefficient (Wildman–Crippen LogP) is 4.17. The van der Waals surface area contributed by atoms with Crippen LogP contribution in [0.2, 0.25) is 0 Å². The number of hydrogen-bond donors (Lipinski definition) is 1. The highest BCUT2D eigenvalue weighted by Gasteiger charge is 2.31. The number of hydrogen-bond acceptors (Lipinski definition) is 3. The van der Waals surface area contributed by atoms with E-state index < -0.39 is 11.7 Å². The summed E-state index contributed by atoms with van der Waals surface area (Å²) < 4.78 is 38.4. The minimum absolute atomic E-state index is 0.313. The predicted molar refractivity (Wildman–Crippen MR) is 73.8 cm³/mol. The van der Waals surface area contributed by atoms with Gasteiger partial charge in [-0.05, 0) is 31.2 Å². The van der Waals surface area contributed by atoms with Crippen molar-refractivity contribution in [1.29, 1.82) is 0 Å². The lowest BCUT2D eigenvalue weighted by Gasteiger charge is -2.18. The van der Waals surface area contributed by atoms with Gasteiger partial charge in [0.25, 0.3) is 0 Å². The van der Waals surface area contributed by atoms with Gasteiger partial charge < -0.3 is 5.32 Å². The Morgan fingerprint density at radius 2 is 2.10 bits per heavy atom. The Bertz CT molecular complexity index is 578. The lowest BCUT2D eigenvalue weighted by molar-refractivity contribution is -0.137. The number of rotatable bonds is 4. The molecule has 2 rings (SSSR count). The smallest absolute Gasteiger partial charge is 0.305 e. The first-order valence-corrected chi connectivity index (χ1v) is 7.12. The van der Waals surface area contributed by atoms with Crippen LogP contribution >= 0.6 is 11.3 Å². The van der Waals surface area contributed by atoms with Crippen LogP contribution in [0.1, 0.15) is 34.8 Å². The van der Waals surface area contributed by atoms with Crippen molar-refractivity contribution in [3.63, 3.8) is 0 Å². The van der Waals surface area contributed by atoms with Crippen molar-refractivity contribution in [2.24, 2.45) is 0 Å². The number of benzene rings is 1. The van der Waals surface area contributed by atoms with E-state index in [-0.39, 0.29) is 6.04 Å². The third kappa shape index (κ3) is 3.37. The maximum absolute atomic E-state index is 12.8. The summed E-state index contributed by atoms with van der Waals surface area (Å²) in [7, 11) is 0. The van der Waals surface area contributed by atoms with E-state index in [2.05, 4.69) is 10.3 Å². The molecule has 0 aliphatic carbocycles. The molecule has 1 aromatic heterocycles. The number of nitrogens with one attached hydrogen (secondary N) is 1. The zero-order chi connectivity index (χ0) is 14.8. The fourth-order valence-corrected chi connectivity index (χ4v) is 2.64. The molecule has 2 nitrogen and oxygen atoms in total. The summed E-state index contributed by atoms with van der Waals surface area (Å²) in [6.45, 7) is 4.45. The third-order valence-electron chi connectivity index (χ3n) is 2.89. The summed E-state index contributed by atoms with van der Waals surface area (Å²) in [5.41, 5.74) is 0.700. The van der Waals surface area contributed by atoms with Crippen molar-refractivity contribution in [3.05, 3.63) is 51.5 Å². The van der Waals surface area contributed by atoms with Crippen molar-refractivity contribution < 1.29 is 13.2 Å². The molecule has 0 fully saturated rings. The van der Waals surface area contributed by atoms with Crippen LogP contribution in [-0.4, -0.2) is 11.5 Å². The summed E-state index contributed by atoms with van der Waals surface area (Å²) in [6, 6.07) is 5.08. The van der Waals surface area contributed by atoms with Crippen molar-refractivity contribution in [3.8, 4) is 0 Å². The molecule has 1 unspecified atom stereocenters.